The van der Waals surface area contributed by atoms with Crippen LogP contribution >= 0.6 is 0 Å². The van der Waals surface area contributed by atoms with E-state index in [0.29, 0.717) is 0 Å². The fraction of sp³-hybridized carbons (Fsp3) is 0.412. The van der Waals surface area contributed by atoms with E-state index >= 15 is 0 Å². The van der Waals surface area contributed by atoms with E-state index in [0.717, 1.165) is 23.3 Å². The molecule has 2 aliphatic rings. The molecular weight excluding hydrogens is 261 g/mol. The molecular formula is C17H22BNO2. The Labute approximate surface area is 127 Å². The minimum Gasteiger partial charge on any atom is -0.399 e. The predicted octanol–water partition coefficient (Wildman–Crippen LogP) is 2.49. The molecule has 0 atom stereocenters. The number of nitrogens with one attached hydrogen (secondary N) is 1. The van der Waals surface area contributed by atoms with Crippen molar-refractivity contribution in [2.45, 2.75) is 38.9 Å². The van der Waals surface area contributed by atoms with Crippen LogP contribution in [0.3, 0.4) is 0 Å². The minimum atomic E-state index is -0.310. The van der Waals surface area contributed by atoms with Gasteiger partial charge < -0.3 is 14.6 Å². The van der Waals surface area contributed by atoms with Crippen LogP contribution in [-0.2, 0) is 9.31 Å². The number of rotatable bonds is 2. The largest absolute Gasteiger partial charge is 0.494 e. The van der Waals surface area contributed by atoms with Crippen molar-refractivity contribution in [2.24, 2.45) is 0 Å². The van der Waals surface area contributed by atoms with Crippen molar-refractivity contribution >= 4 is 18.3 Å². The Hall–Kier alpha value is -1.52. The molecule has 2 heterocycles. The SMILES string of the molecule is CC1(C)OB(c2cccc(C3=CC=CCN3)c2)OC1(C)C. The molecule has 0 amide bonds. The molecule has 0 radical (unpaired) electrons. The Balaban J connectivity index is 1.88. The summed E-state index contributed by atoms with van der Waals surface area (Å²) in [5, 5.41) is 3.38. The first kappa shape index (κ1) is 14.4. The minimum absolute atomic E-state index is 0.307. The van der Waals surface area contributed by atoms with Gasteiger partial charge in [-0.2, -0.15) is 0 Å². The molecule has 3 nitrogen and oxygen atoms in total. The van der Waals surface area contributed by atoms with E-state index in [2.05, 4.69) is 75.5 Å². The Bertz CT molecular complexity index is 589. The van der Waals surface area contributed by atoms with Crippen molar-refractivity contribution in [3.05, 3.63) is 48.1 Å². The lowest BCUT2D eigenvalue weighted by Crippen LogP contribution is -2.41. The van der Waals surface area contributed by atoms with Gasteiger partial charge in [-0.05, 0) is 44.8 Å². The first-order valence-electron chi connectivity index (χ1n) is 7.46. The van der Waals surface area contributed by atoms with E-state index in [9.17, 15) is 0 Å². The molecule has 1 aromatic carbocycles. The van der Waals surface area contributed by atoms with Gasteiger partial charge in [-0.1, -0.05) is 36.4 Å². The second kappa shape index (κ2) is 5.04. The van der Waals surface area contributed by atoms with Crippen LogP contribution in [0.2, 0.25) is 0 Å². The Morgan fingerprint density at radius 2 is 1.81 bits per heavy atom. The van der Waals surface area contributed by atoms with Crippen molar-refractivity contribution in [3.63, 3.8) is 0 Å². The maximum atomic E-state index is 6.12. The number of hydrogen-bond donors (Lipinski definition) is 1. The fourth-order valence-electron chi connectivity index (χ4n) is 2.49. The molecule has 0 unspecified atom stereocenters. The molecule has 2 aliphatic heterocycles. The molecule has 3 rings (SSSR count). The van der Waals surface area contributed by atoms with Gasteiger partial charge in [0.05, 0.1) is 11.2 Å². The van der Waals surface area contributed by atoms with Crippen LogP contribution in [0.5, 0.6) is 0 Å². The highest BCUT2D eigenvalue weighted by Gasteiger charge is 2.51. The molecule has 1 N–H and O–H groups in total. The summed E-state index contributed by atoms with van der Waals surface area (Å²) < 4.78 is 12.2. The monoisotopic (exact) mass is 283 g/mol. The topological polar surface area (TPSA) is 30.5 Å². The van der Waals surface area contributed by atoms with E-state index in [4.69, 9.17) is 9.31 Å². The molecule has 1 saturated heterocycles. The zero-order valence-electron chi connectivity index (χ0n) is 13.1. The highest BCUT2D eigenvalue weighted by Crippen LogP contribution is 2.36. The van der Waals surface area contributed by atoms with E-state index in [-0.39, 0.29) is 18.3 Å². The maximum absolute atomic E-state index is 6.12. The third-order valence-electron chi connectivity index (χ3n) is 4.53. The lowest BCUT2D eigenvalue weighted by molar-refractivity contribution is 0.00578. The van der Waals surface area contributed by atoms with Crippen LogP contribution in [0.4, 0.5) is 0 Å². The summed E-state index contributed by atoms with van der Waals surface area (Å²) in [6, 6.07) is 8.36. The summed E-state index contributed by atoms with van der Waals surface area (Å²) in [4.78, 5) is 0. The summed E-state index contributed by atoms with van der Waals surface area (Å²) in [6.45, 7) is 9.17. The third kappa shape index (κ3) is 2.66. The standard InChI is InChI=1S/C17H22BNO2/c1-16(2)17(3,4)21-18(20-16)14-9-7-8-13(12-14)15-10-5-6-11-19-15/h5-10,12,19H,11H2,1-4H3. The summed E-state index contributed by atoms with van der Waals surface area (Å²) in [6.07, 6.45) is 6.27. The van der Waals surface area contributed by atoms with Crippen molar-refractivity contribution in [1.29, 1.82) is 0 Å². The average Bonchev–Trinajstić information content (AvgIpc) is 2.69. The summed E-state index contributed by atoms with van der Waals surface area (Å²) in [5.41, 5.74) is 2.74. The predicted molar refractivity (Wildman–Crippen MR) is 87.3 cm³/mol. The second-order valence-corrected chi connectivity index (χ2v) is 6.60. The second-order valence-electron chi connectivity index (χ2n) is 6.60. The van der Waals surface area contributed by atoms with Gasteiger partial charge in [0.25, 0.3) is 0 Å². The van der Waals surface area contributed by atoms with Crippen molar-refractivity contribution in [3.8, 4) is 0 Å². The summed E-state index contributed by atoms with van der Waals surface area (Å²) in [5.74, 6) is 0. The summed E-state index contributed by atoms with van der Waals surface area (Å²) in [7, 11) is -0.310. The van der Waals surface area contributed by atoms with Gasteiger partial charge in [0.1, 0.15) is 0 Å². The molecule has 110 valence electrons. The average molecular weight is 283 g/mol. The van der Waals surface area contributed by atoms with Crippen LogP contribution in [0.25, 0.3) is 5.70 Å². The molecule has 4 heteroatoms. The van der Waals surface area contributed by atoms with Crippen LogP contribution in [-0.4, -0.2) is 24.9 Å². The Kier molecular flexibility index (Phi) is 3.46. The molecule has 0 bridgehead atoms. The van der Waals surface area contributed by atoms with E-state index in [1.807, 2.05) is 0 Å². The van der Waals surface area contributed by atoms with Crippen molar-refractivity contribution in [1.82, 2.24) is 5.32 Å². The van der Waals surface area contributed by atoms with Gasteiger partial charge >= 0.3 is 7.12 Å². The zero-order chi connectivity index (χ0) is 15.1. The summed E-state index contributed by atoms with van der Waals surface area (Å²) >= 11 is 0. The molecule has 1 aromatic rings. The first-order valence-corrected chi connectivity index (χ1v) is 7.46. The fourth-order valence-corrected chi connectivity index (χ4v) is 2.49. The highest BCUT2D eigenvalue weighted by molar-refractivity contribution is 6.62. The van der Waals surface area contributed by atoms with Gasteiger partial charge in [0.15, 0.2) is 0 Å². The quantitative estimate of drug-likeness (QED) is 0.846. The van der Waals surface area contributed by atoms with Gasteiger partial charge in [0.2, 0.25) is 0 Å². The highest BCUT2D eigenvalue weighted by atomic mass is 16.7. The zero-order valence-corrected chi connectivity index (χ0v) is 13.1. The lowest BCUT2D eigenvalue weighted by atomic mass is 9.78. The molecule has 0 aliphatic carbocycles. The molecule has 1 fully saturated rings. The van der Waals surface area contributed by atoms with Crippen molar-refractivity contribution in [2.75, 3.05) is 6.54 Å². The molecule has 21 heavy (non-hydrogen) atoms. The number of hydrogen-bond acceptors (Lipinski definition) is 3. The normalized spacial score (nSPS) is 22.9. The van der Waals surface area contributed by atoms with Crippen molar-refractivity contribution < 1.29 is 9.31 Å². The van der Waals surface area contributed by atoms with Crippen LogP contribution < -0.4 is 10.8 Å². The smallest absolute Gasteiger partial charge is 0.399 e. The van der Waals surface area contributed by atoms with Crippen LogP contribution in [0.15, 0.2) is 42.5 Å². The van der Waals surface area contributed by atoms with E-state index in [1.165, 1.54) is 0 Å². The number of benzene rings is 1. The van der Waals surface area contributed by atoms with Gasteiger partial charge in [0, 0.05) is 12.2 Å². The van der Waals surface area contributed by atoms with Gasteiger partial charge in [-0.15, -0.1) is 0 Å². The number of allylic oxidation sites excluding steroid dienone is 2. The Morgan fingerprint density at radius 3 is 2.43 bits per heavy atom. The first-order chi connectivity index (χ1) is 9.89. The van der Waals surface area contributed by atoms with Crippen LogP contribution in [0.1, 0.15) is 33.3 Å². The number of dihydropyridines is 1. The van der Waals surface area contributed by atoms with Gasteiger partial charge in [-0.3, -0.25) is 0 Å². The van der Waals surface area contributed by atoms with Gasteiger partial charge in [-0.25, -0.2) is 0 Å². The Morgan fingerprint density at radius 1 is 1.10 bits per heavy atom. The molecule has 0 saturated carbocycles. The molecule has 0 aromatic heterocycles. The van der Waals surface area contributed by atoms with E-state index < -0.39 is 0 Å². The molecule has 0 spiro atoms. The van der Waals surface area contributed by atoms with Crippen LogP contribution in [0, 0.1) is 0 Å². The lowest BCUT2D eigenvalue weighted by Gasteiger charge is -2.32. The third-order valence-corrected chi connectivity index (χ3v) is 4.53. The maximum Gasteiger partial charge on any atom is 0.494 e. The van der Waals surface area contributed by atoms with E-state index in [1.54, 1.807) is 0 Å².